The number of rotatable bonds is 12. The highest BCUT2D eigenvalue weighted by molar-refractivity contribution is 7.98. The lowest BCUT2D eigenvalue weighted by atomic mass is 10.1. The minimum Gasteiger partial charge on any atom is -0.481 e. The van der Waals surface area contributed by atoms with Gasteiger partial charge in [0.2, 0.25) is 11.8 Å². The maximum Gasteiger partial charge on any atom is 0.322 e. The predicted molar refractivity (Wildman–Crippen MR) is 91.9 cm³/mol. The van der Waals surface area contributed by atoms with E-state index in [1.54, 1.807) is 11.9 Å². The molecule has 2 amide bonds. The highest BCUT2D eigenvalue weighted by atomic mass is 32.2. The van der Waals surface area contributed by atoms with Crippen LogP contribution in [0.5, 0.6) is 0 Å². The molecule has 25 heavy (non-hydrogen) atoms. The van der Waals surface area contributed by atoms with Crippen LogP contribution in [0.2, 0.25) is 0 Å². The van der Waals surface area contributed by atoms with Crippen molar-refractivity contribution < 1.29 is 29.4 Å². The summed E-state index contributed by atoms with van der Waals surface area (Å²) in [7, 11) is 0. The van der Waals surface area contributed by atoms with Crippen molar-refractivity contribution in [2.45, 2.75) is 56.2 Å². The Bertz CT molecular complexity index is 482. The third-order valence-corrected chi connectivity index (χ3v) is 4.89. The Kier molecular flexibility index (Phi) is 9.93. The summed E-state index contributed by atoms with van der Waals surface area (Å²) in [5.41, 5.74) is 0. The summed E-state index contributed by atoms with van der Waals surface area (Å²) in [6, 6.07) is -1.04. The van der Waals surface area contributed by atoms with E-state index in [9.17, 15) is 19.2 Å². The van der Waals surface area contributed by atoms with E-state index in [2.05, 4.69) is 15.4 Å². The van der Waals surface area contributed by atoms with Crippen molar-refractivity contribution in [1.82, 2.24) is 15.4 Å². The maximum absolute atomic E-state index is 12.0. The van der Waals surface area contributed by atoms with Gasteiger partial charge < -0.3 is 20.8 Å². The van der Waals surface area contributed by atoms with Crippen LogP contribution in [-0.2, 0) is 19.2 Å². The van der Waals surface area contributed by atoms with Gasteiger partial charge in [0.15, 0.2) is 0 Å². The Morgan fingerprint density at radius 1 is 1.12 bits per heavy atom. The summed E-state index contributed by atoms with van der Waals surface area (Å²) in [4.78, 5) is 45.0. The molecule has 0 bridgehead atoms. The number of carbonyl (C=O) groups excluding carboxylic acids is 2. The number of carboxylic acids is 2. The molecular weight excluding hydrogens is 350 g/mol. The van der Waals surface area contributed by atoms with Crippen molar-refractivity contribution in [3.05, 3.63) is 0 Å². The van der Waals surface area contributed by atoms with Crippen molar-refractivity contribution >= 4 is 35.7 Å². The van der Waals surface area contributed by atoms with E-state index >= 15 is 0 Å². The number of nitrogens with one attached hydrogen (secondary N) is 3. The van der Waals surface area contributed by atoms with Gasteiger partial charge in [0.25, 0.3) is 0 Å². The number of aliphatic carboxylic acids is 2. The van der Waals surface area contributed by atoms with Gasteiger partial charge >= 0.3 is 11.9 Å². The fraction of sp³-hybridized carbons (Fsp3) is 0.733. The van der Waals surface area contributed by atoms with Gasteiger partial charge in [-0.05, 0) is 25.7 Å². The second kappa shape index (κ2) is 11.7. The average molecular weight is 375 g/mol. The fourth-order valence-corrected chi connectivity index (χ4v) is 3.40. The summed E-state index contributed by atoms with van der Waals surface area (Å²) >= 11 is 1.73. The third-order valence-electron chi connectivity index (χ3n) is 3.71. The van der Waals surface area contributed by atoms with Gasteiger partial charge in [0.05, 0.1) is 0 Å². The molecule has 0 aromatic rings. The minimum atomic E-state index is -1.21. The molecule has 0 spiro atoms. The van der Waals surface area contributed by atoms with Crippen molar-refractivity contribution in [2.24, 2.45) is 0 Å². The van der Waals surface area contributed by atoms with Gasteiger partial charge in [-0.2, -0.15) is 0 Å². The number of carbonyl (C=O) groups is 4. The molecule has 0 saturated carbocycles. The Hall–Kier alpha value is -1.81. The zero-order chi connectivity index (χ0) is 18.7. The molecule has 1 aliphatic heterocycles. The first-order chi connectivity index (χ1) is 11.9. The van der Waals surface area contributed by atoms with Gasteiger partial charge in [0.1, 0.15) is 12.6 Å². The normalized spacial score (nSPS) is 17.7. The number of hydrogen-bond acceptors (Lipinski definition) is 6. The molecule has 1 rings (SSSR count). The molecule has 1 fully saturated rings. The van der Waals surface area contributed by atoms with Crippen LogP contribution in [-0.4, -0.2) is 58.3 Å². The van der Waals surface area contributed by atoms with E-state index in [4.69, 9.17) is 10.2 Å². The van der Waals surface area contributed by atoms with Crippen LogP contribution in [0.15, 0.2) is 0 Å². The maximum atomic E-state index is 12.0. The summed E-state index contributed by atoms with van der Waals surface area (Å²) in [6.45, 7) is 0.428. The summed E-state index contributed by atoms with van der Waals surface area (Å²) in [5.74, 6) is -3.33. The highest BCUT2D eigenvalue weighted by Gasteiger charge is 2.22. The first-order valence-corrected chi connectivity index (χ1v) is 9.15. The predicted octanol–water partition coefficient (Wildman–Crippen LogP) is 0.107. The van der Waals surface area contributed by atoms with E-state index in [0.717, 1.165) is 25.8 Å². The summed E-state index contributed by atoms with van der Waals surface area (Å²) in [5, 5.41) is 22.5. The summed E-state index contributed by atoms with van der Waals surface area (Å²) < 4.78 is 3.21. The van der Waals surface area contributed by atoms with Crippen molar-refractivity contribution in [3.63, 3.8) is 0 Å². The number of carboxylic acid groups (broad SMARTS) is 2. The topological polar surface area (TPSA) is 145 Å². The zero-order valence-corrected chi connectivity index (χ0v) is 14.8. The molecule has 142 valence electrons. The van der Waals surface area contributed by atoms with E-state index in [-0.39, 0.29) is 25.2 Å². The van der Waals surface area contributed by atoms with Gasteiger partial charge in [-0.3, -0.25) is 23.9 Å². The second-order valence-electron chi connectivity index (χ2n) is 5.83. The van der Waals surface area contributed by atoms with Crippen LogP contribution in [0, 0.1) is 0 Å². The second-order valence-corrected chi connectivity index (χ2v) is 7.02. The quantitative estimate of drug-likeness (QED) is 0.239. The van der Waals surface area contributed by atoms with Crippen LogP contribution in [0.4, 0.5) is 0 Å². The largest absolute Gasteiger partial charge is 0.481 e. The van der Waals surface area contributed by atoms with Crippen molar-refractivity contribution in [2.75, 3.05) is 13.1 Å². The molecule has 1 aliphatic rings. The van der Waals surface area contributed by atoms with Gasteiger partial charge in [-0.1, -0.05) is 18.4 Å². The van der Waals surface area contributed by atoms with Crippen LogP contribution in [0.3, 0.4) is 0 Å². The summed E-state index contributed by atoms with van der Waals surface area (Å²) in [6.07, 6.45) is 3.60. The Morgan fingerprint density at radius 3 is 2.48 bits per heavy atom. The first kappa shape index (κ1) is 21.2. The lowest BCUT2D eigenvalue weighted by Gasteiger charge is -2.17. The van der Waals surface area contributed by atoms with E-state index in [0.29, 0.717) is 11.7 Å². The molecule has 9 nitrogen and oxygen atoms in total. The van der Waals surface area contributed by atoms with Crippen LogP contribution in [0.1, 0.15) is 44.9 Å². The fourth-order valence-electron chi connectivity index (χ4n) is 2.41. The first-order valence-electron chi connectivity index (χ1n) is 8.27. The smallest absolute Gasteiger partial charge is 0.322 e. The zero-order valence-electron chi connectivity index (χ0n) is 14.0. The Labute approximate surface area is 150 Å². The molecular formula is C15H25N3O6S. The van der Waals surface area contributed by atoms with E-state index < -0.39 is 30.4 Å². The third kappa shape index (κ3) is 9.92. The van der Waals surface area contributed by atoms with Gasteiger partial charge in [-0.25, -0.2) is 0 Å². The number of unbranched alkanes of at least 4 members (excludes halogenated alkanes) is 1. The van der Waals surface area contributed by atoms with Crippen molar-refractivity contribution in [3.8, 4) is 0 Å². The molecule has 10 heteroatoms. The molecule has 5 N–H and O–H groups in total. The molecule has 1 saturated heterocycles. The highest BCUT2D eigenvalue weighted by Crippen LogP contribution is 2.23. The lowest BCUT2D eigenvalue weighted by molar-refractivity contribution is -0.140. The molecule has 0 aromatic heterocycles. The van der Waals surface area contributed by atoms with E-state index in [1.807, 2.05) is 0 Å². The van der Waals surface area contributed by atoms with Gasteiger partial charge in [0, 0.05) is 24.6 Å². The Balaban J connectivity index is 2.34. The van der Waals surface area contributed by atoms with Crippen LogP contribution < -0.4 is 15.4 Å². The molecule has 0 radical (unpaired) electrons. The number of amides is 2. The molecule has 0 aromatic carbocycles. The van der Waals surface area contributed by atoms with Crippen LogP contribution in [0.25, 0.3) is 0 Å². The van der Waals surface area contributed by atoms with Crippen LogP contribution >= 0.6 is 11.9 Å². The SMILES string of the molecule is O=C(O)CCC(NC(=O)CCCCC1CCNS1)C(=O)NCC(=O)O. The monoisotopic (exact) mass is 375 g/mol. The minimum absolute atomic E-state index is 0.0864. The van der Waals surface area contributed by atoms with Crippen molar-refractivity contribution in [1.29, 1.82) is 0 Å². The lowest BCUT2D eigenvalue weighted by Crippen LogP contribution is -2.48. The number of hydrogen-bond donors (Lipinski definition) is 5. The molecule has 1 heterocycles. The molecule has 2 unspecified atom stereocenters. The Morgan fingerprint density at radius 2 is 1.88 bits per heavy atom. The van der Waals surface area contributed by atoms with Gasteiger partial charge in [-0.15, -0.1) is 0 Å². The van der Waals surface area contributed by atoms with E-state index in [1.165, 1.54) is 0 Å². The average Bonchev–Trinajstić information content (AvgIpc) is 3.06. The molecule has 2 atom stereocenters. The molecule has 0 aliphatic carbocycles. The standard InChI is InChI=1S/C15H25N3O6S/c19-12(4-2-1-3-10-7-8-17-25-10)18-11(5-6-13(20)21)15(24)16-9-14(22)23/h10-11,17H,1-9H2,(H,16,24)(H,18,19)(H,20,21)(H,22,23).